The van der Waals surface area contributed by atoms with Gasteiger partial charge in [0.2, 0.25) is 0 Å². The SMILES string of the molecule is CCc1cc(Br)ccc1NC(=O)COC(=O)c1ccccc1C(=O)O[C@@H]1C[C@@H](C)CC[C@H]1C(C)C. The van der Waals surface area contributed by atoms with Gasteiger partial charge in [0, 0.05) is 10.2 Å². The number of benzene rings is 2. The van der Waals surface area contributed by atoms with Crippen LogP contribution in [0.2, 0.25) is 0 Å². The summed E-state index contributed by atoms with van der Waals surface area (Å²) < 4.78 is 12.1. The average molecular weight is 544 g/mol. The molecule has 6 nitrogen and oxygen atoms in total. The fourth-order valence-electron chi connectivity index (χ4n) is 4.66. The summed E-state index contributed by atoms with van der Waals surface area (Å²) in [5.41, 5.74) is 1.87. The Labute approximate surface area is 215 Å². The van der Waals surface area contributed by atoms with Gasteiger partial charge in [0.05, 0.1) is 11.1 Å². The fourth-order valence-corrected chi connectivity index (χ4v) is 5.07. The second kappa shape index (κ2) is 12.3. The average Bonchev–Trinajstić information content (AvgIpc) is 2.83. The van der Waals surface area contributed by atoms with Gasteiger partial charge in [-0.05, 0) is 72.9 Å². The lowest BCUT2D eigenvalue weighted by molar-refractivity contribution is -0.119. The van der Waals surface area contributed by atoms with Gasteiger partial charge in [-0.15, -0.1) is 0 Å². The fraction of sp³-hybridized carbons (Fsp3) is 0.464. The van der Waals surface area contributed by atoms with Gasteiger partial charge in [-0.25, -0.2) is 9.59 Å². The Balaban J connectivity index is 1.65. The van der Waals surface area contributed by atoms with Crippen molar-refractivity contribution in [3.63, 3.8) is 0 Å². The van der Waals surface area contributed by atoms with Gasteiger partial charge < -0.3 is 14.8 Å². The molecular formula is C28H34BrNO5. The largest absolute Gasteiger partial charge is 0.458 e. The van der Waals surface area contributed by atoms with Crippen LogP contribution in [0.15, 0.2) is 46.9 Å². The summed E-state index contributed by atoms with van der Waals surface area (Å²) in [4.78, 5) is 38.3. The molecule has 0 heterocycles. The van der Waals surface area contributed by atoms with Crippen molar-refractivity contribution in [2.45, 2.75) is 59.5 Å². The number of nitrogens with one attached hydrogen (secondary N) is 1. The number of aryl methyl sites for hydroxylation is 1. The lowest BCUT2D eigenvalue weighted by Crippen LogP contribution is -2.36. The molecule has 0 spiro atoms. The maximum Gasteiger partial charge on any atom is 0.339 e. The Kier molecular flexibility index (Phi) is 9.49. The smallest absolute Gasteiger partial charge is 0.339 e. The number of rotatable bonds is 8. The number of hydrogen-bond donors (Lipinski definition) is 1. The van der Waals surface area contributed by atoms with Crippen LogP contribution >= 0.6 is 15.9 Å². The predicted octanol–water partition coefficient (Wildman–Crippen LogP) is 6.42. The molecule has 0 bridgehead atoms. The Morgan fingerprint density at radius 2 is 1.74 bits per heavy atom. The molecule has 1 N–H and O–H groups in total. The minimum absolute atomic E-state index is 0.0909. The van der Waals surface area contributed by atoms with Crippen LogP contribution in [-0.4, -0.2) is 30.6 Å². The van der Waals surface area contributed by atoms with Crippen molar-refractivity contribution in [3.8, 4) is 0 Å². The normalized spacial score (nSPS) is 19.8. The zero-order valence-corrected chi connectivity index (χ0v) is 22.4. The number of carbonyl (C=O) groups is 3. The van der Waals surface area contributed by atoms with Crippen molar-refractivity contribution in [1.29, 1.82) is 0 Å². The molecule has 7 heteroatoms. The number of anilines is 1. The second-order valence-electron chi connectivity index (χ2n) is 9.59. The first-order valence-electron chi connectivity index (χ1n) is 12.2. The van der Waals surface area contributed by atoms with Crippen LogP contribution in [0.4, 0.5) is 5.69 Å². The Morgan fingerprint density at radius 3 is 2.40 bits per heavy atom. The first-order chi connectivity index (χ1) is 16.7. The van der Waals surface area contributed by atoms with E-state index in [1.165, 1.54) is 6.07 Å². The Morgan fingerprint density at radius 1 is 1.06 bits per heavy atom. The number of carbonyl (C=O) groups excluding carboxylic acids is 3. The van der Waals surface area contributed by atoms with Gasteiger partial charge in [-0.3, -0.25) is 4.79 Å². The Bertz CT molecular complexity index is 1070. The van der Waals surface area contributed by atoms with Crippen LogP contribution in [0.25, 0.3) is 0 Å². The molecule has 2 aromatic rings. The molecule has 1 fully saturated rings. The minimum atomic E-state index is -0.739. The van der Waals surface area contributed by atoms with Crippen LogP contribution in [0, 0.1) is 17.8 Å². The third kappa shape index (κ3) is 7.17. The molecule has 1 aliphatic carbocycles. The predicted molar refractivity (Wildman–Crippen MR) is 139 cm³/mol. The first-order valence-corrected chi connectivity index (χ1v) is 13.0. The van der Waals surface area contributed by atoms with E-state index in [1.54, 1.807) is 24.3 Å². The molecule has 2 aromatic carbocycles. The first kappa shape index (κ1) is 26.9. The molecule has 3 atom stereocenters. The van der Waals surface area contributed by atoms with Crippen LogP contribution < -0.4 is 5.32 Å². The molecule has 188 valence electrons. The Hall–Kier alpha value is -2.67. The molecule has 1 aliphatic rings. The summed E-state index contributed by atoms with van der Waals surface area (Å²) in [6.07, 6.45) is 3.52. The topological polar surface area (TPSA) is 81.7 Å². The van der Waals surface area contributed by atoms with Crippen molar-refractivity contribution in [1.82, 2.24) is 0 Å². The highest BCUT2D eigenvalue weighted by molar-refractivity contribution is 9.10. The summed E-state index contributed by atoms with van der Waals surface area (Å²) in [5.74, 6) is -0.541. The lowest BCUT2D eigenvalue weighted by Gasteiger charge is -2.36. The number of ether oxygens (including phenoxy) is 2. The maximum absolute atomic E-state index is 13.1. The quantitative estimate of drug-likeness (QED) is 0.388. The highest BCUT2D eigenvalue weighted by Gasteiger charge is 2.34. The summed E-state index contributed by atoms with van der Waals surface area (Å²) in [6.45, 7) is 8.00. The van der Waals surface area contributed by atoms with Crippen LogP contribution in [-0.2, 0) is 20.7 Å². The summed E-state index contributed by atoms with van der Waals surface area (Å²) in [6, 6.07) is 12.0. The molecule has 1 amide bonds. The minimum Gasteiger partial charge on any atom is -0.458 e. The highest BCUT2D eigenvalue weighted by Crippen LogP contribution is 2.36. The number of hydrogen-bond acceptors (Lipinski definition) is 5. The number of esters is 2. The van der Waals surface area contributed by atoms with E-state index in [0.29, 0.717) is 23.4 Å². The molecule has 0 aliphatic heterocycles. The van der Waals surface area contributed by atoms with Crippen molar-refractivity contribution < 1.29 is 23.9 Å². The van der Waals surface area contributed by atoms with Gasteiger partial charge in [-0.2, -0.15) is 0 Å². The highest BCUT2D eigenvalue weighted by atomic mass is 79.9. The maximum atomic E-state index is 13.1. The summed E-state index contributed by atoms with van der Waals surface area (Å²) >= 11 is 3.42. The lowest BCUT2D eigenvalue weighted by atomic mass is 9.75. The zero-order valence-electron chi connectivity index (χ0n) is 20.8. The van der Waals surface area contributed by atoms with Crippen LogP contribution in [0.1, 0.15) is 73.2 Å². The van der Waals surface area contributed by atoms with E-state index in [2.05, 4.69) is 42.0 Å². The summed E-state index contributed by atoms with van der Waals surface area (Å²) in [7, 11) is 0. The molecule has 0 aromatic heterocycles. The van der Waals surface area contributed by atoms with Gasteiger partial charge in [-0.1, -0.05) is 62.2 Å². The molecule has 0 unspecified atom stereocenters. The molecule has 3 rings (SSSR count). The second-order valence-corrected chi connectivity index (χ2v) is 10.5. The van der Waals surface area contributed by atoms with E-state index in [4.69, 9.17) is 9.47 Å². The molecular weight excluding hydrogens is 510 g/mol. The van der Waals surface area contributed by atoms with E-state index < -0.39 is 24.5 Å². The number of halogens is 1. The number of amides is 1. The monoisotopic (exact) mass is 543 g/mol. The third-order valence-electron chi connectivity index (χ3n) is 6.64. The van der Waals surface area contributed by atoms with Crippen LogP contribution in [0.3, 0.4) is 0 Å². The standard InChI is InChI=1S/C28H34BrNO5/c1-5-19-15-20(29)11-13-24(19)30-26(31)16-34-27(32)22-8-6-7-9-23(22)28(33)35-25-14-18(4)10-12-21(25)17(2)3/h6-9,11,13,15,17-18,21,25H,5,10,12,14,16H2,1-4H3,(H,30,31)/t18-,21-,25+/m0/s1. The van der Waals surface area contributed by atoms with Gasteiger partial charge >= 0.3 is 11.9 Å². The molecule has 0 radical (unpaired) electrons. The van der Waals surface area contributed by atoms with Crippen molar-refractivity contribution in [2.75, 3.05) is 11.9 Å². The van der Waals surface area contributed by atoms with Crippen LogP contribution in [0.5, 0.6) is 0 Å². The zero-order chi connectivity index (χ0) is 25.5. The van der Waals surface area contributed by atoms with Crippen molar-refractivity contribution in [2.24, 2.45) is 17.8 Å². The van der Waals surface area contributed by atoms with Gasteiger partial charge in [0.1, 0.15) is 6.10 Å². The van der Waals surface area contributed by atoms with E-state index in [1.807, 2.05) is 19.1 Å². The van der Waals surface area contributed by atoms with Gasteiger partial charge in [0.15, 0.2) is 6.61 Å². The summed E-state index contributed by atoms with van der Waals surface area (Å²) in [5, 5.41) is 2.78. The molecule has 1 saturated carbocycles. The van der Waals surface area contributed by atoms with Gasteiger partial charge in [0.25, 0.3) is 5.91 Å². The third-order valence-corrected chi connectivity index (χ3v) is 7.14. The van der Waals surface area contributed by atoms with E-state index in [-0.39, 0.29) is 17.2 Å². The van der Waals surface area contributed by atoms with Crippen molar-refractivity contribution >= 4 is 39.5 Å². The van der Waals surface area contributed by atoms with E-state index >= 15 is 0 Å². The molecule has 35 heavy (non-hydrogen) atoms. The molecule has 0 saturated heterocycles. The van der Waals surface area contributed by atoms with E-state index in [0.717, 1.165) is 35.7 Å². The van der Waals surface area contributed by atoms with Crippen molar-refractivity contribution in [3.05, 3.63) is 63.6 Å². The van der Waals surface area contributed by atoms with E-state index in [9.17, 15) is 14.4 Å².